The van der Waals surface area contributed by atoms with Gasteiger partial charge in [-0.2, -0.15) is 0 Å². The first-order valence-corrected chi connectivity index (χ1v) is 6.57. The first-order chi connectivity index (χ1) is 9.92. The van der Waals surface area contributed by atoms with E-state index in [-0.39, 0.29) is 32.7 Å². The van der Waals surface area contributed by atoms with Gasteiger partial charge in [-0.15, -0.1) is 0 Å². The Morgan fingerprint density at radius 3 is 2.57 bits per heavy atom. The summed E-state index contributed by atoms with van der Waals surface area (Å²) in [6.45, 7) is 0. The van der Waals surface area contributed by atoms with Gasteiger partial charge in [0.15, 0.2) is 11.6 Å². The average Bonchev–Trinajstić information content (AvgIpc) is 2.44. The van der Waals surface area contributed by atoms with Gasteiger partial charge in [-0.3, -0.25) is 4.79 Å². The van der Waals surface area contributed by atoms with Crippen molar-refractivity contribution in [3.8, 4) is 5.75 Å². The number of amides is 1. The number of nitrogens with two attached hydrogens (primary N) is 1. The summed E-state index contributed by atoms with van der Waals surface area (Å²) in [5.41, 5.74) is 6.33. The highest BCUT2D eigenvalue weighted by Gasteiger charge is 2.12. The average molecular weight is 329 g/mol. The fraction of sp³-hybridized carbons (Fsp3) is 0.0714. The number of carbonyl (C=O) groups excluding carboxylic acids is 1. The zero-order valence-corrected chi connectivity index (χ0v) is 12.4. The molecule has 0 aromatic heterocycles. The van der Waals surface area contributed by atoms with Gasteiger partial charge in [-0.1, -0.05) is 23.2 Å². The number of nitrogen functional groups attached to an aromatic ring is 1. The number of anilines is 2. The number of ether oxygens (including phenoxy) is 1. The lowest BCUT2D eigenvalue weighted by Gasteiger charge is -2.09. The second-order valence-corrected chi connectivity index (χ2v) is 4.95. The molecule has 0 radical (unpaired) electrons. The Bertz CT molecular complexity index is 684. The normalized spacial score (nSPS) is 10.3. The molecule has 0 spiro atoms. The van der Waals surface area contributed by atoms with E-state index in [4.69, 9.17) is 33.7 Å². The number of benzene rings is 2. The van der Waals surface area contributed by atoms with Crippen molar-refractivity contribution in [2.24, 2.45) is 0 Å². The van der Waals surface area contributed by atoms with Gasteiger partial charge < -0.3 is 15.8 Å². The minimum Gasteiger partial charge on any atom is -0.494 e. The third-order valence-electron chi connectivity index (χ3n) is 2.73. The largest absolute Gasteiger partial charge is 0.494 e. The van der Waals surface area contributed by atoms with Crippen molar-refractivity contribution >= 4 is 40.5 Å². The van der Waals surface area contributed by atoms with Crippen LogP contribution in [-0.4, -0.2) is 13.0 Å². The molecule has 1 amide bonds. The smallest absolute Gasteiger partial charge is 0.255 e. The van der Waals surface area contributed by atoms with Crippen molar-refractivity contribution in [1.82, 2.24) is 0 Å². The summed E-state index contributed by atoms with van der Waals surface area (Å²) in [5, 5.41) is 2.89. The minimum absolute atomic E-state index is 0.0896. The van der Waals surface area contributed by atoms with Crippen LogP contribution in [0.3, 0.4) is 0 Å². The summed E-state index contributed by atoms with van der Waals surface area (Å²) in [4.78, 5) is 12.1. The molecule has 0 heterocycles. The maximum atomic E-state index is 13.5. The van der Waals surface area contributed by atoms with Crippen LogP contribution in [0.25, 0.3) is 0 Å². The monoisotopic (exact) mass is 328 g/mol. The van der Waals surface area contributed by atoms with Crippen molar-refractivity contribution in [3.05, 3.63) is 51.8 Å². The first kappa shape index (κ1) is 15.4. The van der Waals surface area contributed by atoms with E-state index in [2.05, 4.69) is 5.32 Å². The molecule has 21 heavy (non-hydrogen) atoms. The zero-order valence-electron chi connectivity index (χ0n) is 10.9. The highest BCUT2D eigenvalue weighted by atomic mass is 35.5. The number of hydrogen-bond acceptors (Lipinski definition) is 3. The van der Waals surface area contributed by atoms with E-state index in [9.17, 15) is 9.18 Å². The third-order valence-corrected chi connectivity index (χ3v) is 3.54. The molecule has 0 aliphatic carbocycles. The van der Waals surface area contributed by atoms with Gasteiger partial charge in [-0.25, -0.2) is 4.39 Å². The zero-order chi connectivity index (χ0) is 15.6. The molecule has 0 atom stereocenters. The van der Waals surface area contributed by atoms with E-state index in [0.29, 0.717) is 0 Å². The number of rotatable bonds is 3. The van der Waals surface area contributed by atoms with Gasteiger partial charge in [0.2, 0.25) is 0 Å². The van der Waals surface area contributed by atoms with Crippen molar-refractivity contribution in [2.75, 3.05) is 18.2 Å². The second kappa shape index (κ2) is 6.20. The van der Waals surface area contributed by atoms with Crippen LogP contribution in [-0.2, 0) is 0 Å². The van der Waals surface area contributed by atoms with Gasteiger partial charge in [-0.05, 0) is 24.3 Å². The van der Waals surface area contributed by atoms with Gasteiger partial charge in [0.25, 0.3) is 5.91 Å². The Labute approximate surface area is 130 Å². The molecule has 4 nitrogen and oxygen atoms in total. The quantitative estimate of drug-likeness (QED) is 0.837. The SMILES string of the molecule is COc1ccc(NC(=O)c2cc(N)c(Cl)c(Cl)c2)cc1F. The van der Waals surface area contributed by atoms with E-state index in [1.807, 2.05) is 0 Å². The van der Waals surface area contributed by atoms with Crippen LogP contribution in [0, 0.1) is 5.82 Å². The molecule has 0 fully saturated rings. The van der Waals surface area contributed by atoms with Crippen molar-refractivity contribution in [3.63, 3.8) is 0 Å². The van der Waals surface area contributed by atoms with Crippen LogP contribution in [0.5, 0.6) is 5.75 Å². The molecule has 7 heteroatoms. The van der Waals surface area contributed by atoms with E-state index in [0.717, 1.165) is 6.07 Å². The molecule has 2 aromatic rings. The van der Waals surface area contributed by atoms with Crippen LogP contribution in [0.4, 0.5) is 15.8 Å². The summed E-state index contributed by atoms with van der Waals surface area (Å²) < 4.78 is 18.3. The van der Waals surface area contributed by atoms with Gasteiger partial charge in [0.1, 0.15) is 0 Å². The number of hydrogen-bond donors (Lipinski definition) is 2. The predicted octanol–water partition coefficient (Wildman–Crippen LogP) is 3.98. The lowest BCUT2D eigenvalue weighted by atomic mass is 10.2. The highest BCUT2D eigenvalue weighted by molar-refractivity contribution is 6.44. The molecular formula is C14H11Cl2FN2O2. The van der Waals surface area contributed by atoms with E-state index in [1.165, 1.54) is 31.4 Å². The highest BCUT2D eigenvalue weighted by Crippen LogP contribution is 2.30. The lowest BCUT2D eigenvalue weighted by molar-refractivity contribution is 0.102. The van der Waals surface area contributed by atoms with E-state index >= 15 is 0 Å². The van der Waals surface area contributed by atoms with Crippen LogP contribution < -0.4 is 15.8 Å². The maximum absolute atomic E-state index is 13.5. The van der Waals surface area contributed by atoms with Crippen LogP contribution in [0.1, 0.15) is 10.4 Å². The Balaban J connectivity index is 2.24. The molecule has 0 aliphatic heterocycles. The van der Waals surface area contributed by atoms with Crippen molar-refractivity contribution < 1.29 is 13.9 Å². The second-order valence-electron chi connectivity index (χ2n) is 4.16. The topological polar surface area (TPSA) is 64.3 Å². The van der Waals surface area contributed by atoms with Crippen molar-refractivity contribution in [1.29, 1.82) is 0 Å². The Morgan fingerprint density at radius 2 is 2.00 bits per heavy atom. The Morgan fingerprint density at radius 1 is 1.29 bits per heavy atom. The number of nitrogens with one attached hydrogen (secondary N) is 1. The molecule has 0 saturated heterocycles. The van der Waals surface area contributed by atoms with Crippen LogP contribution in [0.2, 0.25) is 10.0 Å². The van der Waals surface area contributed by atoms with Gasteiger partial charge in [0, 0.05) is 17.3 Å². The summed E-state index contributed by atoms with van der Waals surface area (Å²) in [5.74, 6) is -0.972. The predicted molar refractivity (Wildman–Crippen MR) is 81.8 cm³/mol. The fourth-order valence-electron chi connectivity index (χ4n) is 1.69. The van der Waals surface area contributed by atoms with E-state index in [1.54, 1.807) is 0 Å². The van der Waals surface area contributed by atoms with Crippen LogP contribution in [0.15, 0.2) is 30.3 Å². The molecule has 3 N–H and O–H groups in total. The molecular weight excluding hydrogens is 318 g/mol. The Hall–Kier alpha value is -1.98. The van der Waals surface area contributed by atoms with E-state index < -0.39 is 11.7 Å². The third kappa shape index (κ3) is 3.37. The number of carbonyl (C=O) groups is 1. The summed E-state index contributed by atoms with van der Waals surface area (Å²) >= 11 is 11.7. The first-order valence-electron chi connectivity index (χ1n) is 5.81. The minimum atomic E-state index is -0.580. The molecule has 2 rings (SSSR count). The molecule has 0 aliphatic rings. The molecule has 0 saturated carbocycles. The molecule has 0 bridgehead atoms. The van der Waals surface area contributed by atoms with Gasteiger partial charge >= 0.3 is 0 Å². The summed E-state index contributed by atoms with van der Waals surface area (Å²) in [6.07, 6.45) is 0. The summed E-state index contributed by atoms with van der Waals surface area (Å²) in [6, 6.07) is 6.85. The molecule has 110 valence electrons. The Kier molecular flexibility index (Phi) is 4.55. The number of methoxy groups -OCH3 is 1. The molecule has 2 aromatic carbocycles. The van der Waals surface area contributed by atoms with Crippen LogP contribution >= 0.6 is 23.2 Å². The fourth-order valence-corrected chi connectivity index (χ4v) is 2.02. The van der Waals surface area contributed by atoms with Crippen molar-refractivity contribution in [2.45, 2.75) is 0 Å². The lowest BCUT2D eigenvalue weighted by Crippen LogP contribution is -2.12. The number of halogens is 3. The maximum Gasteiger partial charge on any atom is 0.255 e. The standard InChI is InChI=1S/C14H11Cl2FN2O2/c1-21-12-3-2-8(6-10(12)17)19-14(20)7-4-9(15)13(16)11(18)5-7/h2-6H,18H2,1H3,(H,19,20). The van der Waals surface area contributed by atoms with Gasteiger partial charge in [0.05, 0.1) is 22.8 Å². The molecule has 0 unspecified atom stereocenters. The summed E-state index contributed by atoms with van der Waals surface area (Å²) in [7, 11) is 1.36.